The predicted molar refractivity (Wildman–Crippen MR) is 133 cm³/mol. The third-order valence-corrected chi connectivity index (χ3v) is 5.67. The molecule has 0 aromatic heterocycles. The van der Waals surface area contributed by atoms with Gasteiger partial charge in [-0.3, -0.25) is 9.69 Å². The Bertz CT molecular complexity index is 707. The normalized spacial score (nSPS) is 18.0. The summed E-state index contributed by atoms with van der Waals surface area (Å²) in [6.07, 6.45) is 0.916. The number of aliphatic imine (C=N–C) groups is 1. The van der Waals surface area contributed by atoms with Crippen molar-refractivity contribution in [1.29, 1.82) is 0 Å². The first-order chi connectivity index (χ1) is 14.1. The summed E-state index contributed by atoms with van der Waals surface area (Å²) in [7, 11) is 0. The number of nitrogens with one attached hydrogen (secondary N) is 2. The van der Waals surface area contributed by atoms with Crippen molar-refractivity contribution < 1.29 is 9.53 Å². The minimum absolute atomic E-state index is 0. The van der Waals surface area contributed by atoms with E-state index in [2.05, 4.69) is 40.4 Å². The van der Waals surface area contributed by atoms with E-state index < -0.39 is 0 Å². The highest BCUT2D eigenvalue weighted by molar-refractivity contribution is 14.0. The van der Waals surface area contributed by atoms with Crippen molar-refractivity contribution >= 4 is 41.5 Å². The number of hydrogen-bond donors (Lipinski definition) is 2. The van der Waals surface area contributed by atoms with E-state index in [9.17, 15) is 4.79 Å². The summed E-state index contributed by atoms with van der Waals surface area (Å²) in [5.41, 5.74) is 2.26. The fourth-order valence-corrected chi connectivity index (χ4v) is 4.07. The van der Waals surface area contributed by atoms with Crippen molar-refractivity contribution in [3.05, 3.63) is 29.8 Å². The Hall–Kier alpha value is -1.39. The molecule has 0 bridgehead atoms. The van der Waals surface area contributed by atoms with E-state index in [0.717, 1.165) is 58.0 Å². The van der Waals surface area contributed by atoms with E-state index >= 15 is 0 Å². The molecule has 1 atom stereocenters. The lowest BCUT2D eigenvalue weighted by Crippen LogP contribution is -2.52. The largest absolute Gasteiger partial charge is 0.379 e. The van der Waals surface area contributed by atoms with Gasteiger partial charge >= 0.3 is 0 Å². The summed E-state index contributed by atoms with van der Waals surface area (Å²) in [6, 6.07) is 8.52. The van der Waals surface area contributed by atoms with Gasteiger partial charge in [-0.05, 0) is 30.9 Å². The van der Waals surface area contributed by atoms with Gasteiger partial charge in [0.25, 0.3) is 0 Å². The minimum Gasteiger partial charge on any atom is -0.379 e. The van der Waals surface area contributed by atoms with Gasteiger partial charge in [0.2, 0.25) is 5.91 Å². The summed E-state index contributed by atoms with van der Waals surface area (Å²) < 4.78 is 5.49. The van der Waals surface area contributed by atoms with E-state index in [0.29, 0.717) is 17.9 Å². The zero-order chi connectivity index (χ0) is 20.6. The lowest BCUT2D eigenvalue weighted by molar-refractivity contribution is -0.117. The maximum Gasteiger partial charge on any atom is 0.248 e. The predicted octanol–water partition coefficient (Wildman–Crippen LogP) is 2.11. The molecule has 2 aliphatic rings. The molecule has 0 spiro atoms. The maximum atomic E-state index is 12.8. The van der Waals surface area contributed by atoms with Crippen molar-refractivity contribution in [3.63, 3.8) is 0 Å². The zero-order valence-corrected chi connectivity index (χ0v) is 20.7. The van der Waals surface area contributed by atoms with Gasteiger partial charge in [0, 0.05) is 44.5 Å². The van der Waals surface area contributed by atoms with Crippen molar-refractivity contribution in [2.75, 3.05) is 57.4 Å². The van der Waals surface area contributed by atoms with Gasteiger partial charge < -0.3 is 20.3 Å². The van der Waals surface area contributed by atoms with Crippen LogP contribution in [0.2, 0.25) is 0 Å². The van der Waals surface area contributed by atoms with Gasteiger partial charge in [-0.25, -0.2) is 4.99 Å². The summed E-state index contributed by atoms with van der Waals surface area (Å²) in [5, 5.41) is 6.72. The molecule has 8 heteroatoms. The summed E-state index contributed by atoms with van der Waals surface area (Å²) in [6.45, 7) is 12.5. The van der Waals surface area contributed by atoms with Crippen LogP contribution in [0.25, 0.3) is 0 Å². The number of fused-ring (bicyclic) bond motifs is 1. The third kappa shape index (κ3) is 6.55. The van der Waals surface area contributed by atoms with E-state index in [-0.39, 0.29) is 36.4 Å². The first-order valence-corrected chi connectivity index (χ1v) is 10.8. The van der Waals surface area contributed by atoms with Crippen molar-refractivity contribution in [2.24, 2.45) is 10.9 Å². The Morgan fingerprint density at radius 1 is 1.17 bits per heavy atom. The second-order valence-corrected chi connectivity index (χ2v) is 7.96. The second kappa shape index (κ2) is 12.5. The van der Waals surface area contributed by atoms with Crippen molar-refractivity contribution in [2.45, 2.75) is 33.2 Å². The van der Waals surface area contributed by atoms with Gasteiger partial charge in [0.15, 0.2) is 5.96 Å². The molecule has 30 heavy (non-hydrogen) atoms. The molecule has 7 nitrogen and oxygen atoms in total. The molecule has 1 aromatic carbocycles. The van der Waals surface area contributed by atoms with Crippen LogP contribution in [-0.4, -0.2) is 75.3 Å². The first kappa shape index (κ1) is 24.9. The van der Waals surface area contributed by atoms with Gasteiger partial charge in [-0.1, -0.05) is 32.0 Å². The summed E-state index contributed by atoms with van der Waals surface area (Å²) >= 11 is 0. The molecule has 168 valence electrons. The summed E-state index contributed by atoms with van der Waals surface area (Å²) in [5.74, 6) is 1.26. The van der Waals surface area contributed by atoms with Crippen LogP contribution in [0.15, 0.2) is 29.3 Å². The highest BCUT2D eigenvalue weighted by Crippen LogP contribution is 2.27. The molecule has 0 saturated carbocycles. The van der Waals surface area contributed by atoms with Crippen LogP contribution in [0.3, 0.4) is 0 Å². The van der Waals surface area contributed by atoms with E-state index in [4.69, 9.17) is 4.74 Å². The van der Waals surface area contributed by atoms with Crippen LogP contribution in [0.4, 0.5) is 5.69 Å². The molecule has 1 fully saturated rings. The minimum atomic E-state index is 0. The van der Waals surface area contributed by atoms with Crippen LogP contribution >= 0.6 is 24.0 Å². The molecule has 0 radical (unpaired) electrons. The van der Waals surface area contributed by atoms with Crippen molar-refractivity contribution in [3.8, 4) is 0 Å². The smallest absolute Gasteiger partial charge is 0.248 e. The molecule has 2 N–H and O–H groups in total. The molecule has 2 heterocycles. The van der Waals surface area contributed by atoms with E-state index in [1.54, 1.807) is 0 Å². The maximum absolute atomic E-state index is 12.8. The fraction of sp³-hybridized carbons (Fsp3) is 0.636. The first-order valence-electron chi connectivity index (χ1n) is 10.8. The molecule has 1 saturated heterocycles. The Morgan fingerprint density at radius 3 is 2.60 bits per heavy atom. The van der Waals surface area contributed by atoms with Crippen LogP contribution < -0.4 is 15.5 Å². The highest BCUT2D eigenvalue weighted by atomic mass is 127. The van der Waals surface area contributed by atoms with Gasteiger partial charge in [-0.2, -0.15) is 0 Å². The van der Waals surface area contributed by atoms with Gasteiger partial charge in [0.05, 0.1) is 13.2 Å². The molecule has 1 amide bonds. The number of carbonyl (C=O) groups excluding carboxylic acids is 1. The van der Waals surface area contributed by atoms with Crippen LogP contribution in [-0.2, 0) is 16.0 Å². The number of amides is 1. The SMILES string of the molecule is CCNC(=NCC(=O)N1CCc2ccccc21)NCC(C(C)C)N1CCOCC1.I. The molecular weight excluding hydrogens is 493 g/mol. The number of morpholine rings is 1. The van der Waals surface area contributed by atoms with Gasteiger partial charge in [0.1, 0.15) is 6.54 Å². The lowest BCUT2D eigenvalue weighted by atomic mass is 10.0. The van der Waals surface area contributed by atoms with Crippen LogP contribution in [0.1, 0.15) is 26.3 Å². The van der Waals surface area contributed by atoms with Crippen LogP contribution in [0.5, 0.6) is 0 Å². The topological polar surface area (TPSA) is 69.2 Å². The van der Waals surface area contributed by atoms with Gasteiger partial charge in [-0.15, -0.1) is 24.0 Å². The van der Waals surface area contributed by atoms with E-state index in [1.165, 1.54) is 5.56 Å². The number of guanidine groups is 1. The molecule has 2 aliphatic heterocycles. The quantitative estimate of drug-likeness (QED) is 0.322. The molecular formula is C22H36IN5O2. The number of ether oxygens (including phenoxy) is 1. The molecule has 3 rings (SSSR count). The average Bonchev–Trinajstić information content (AvgIpc) is 3.16. The Balaban J connectivity index is 0.00000320. The zero-order valence-electron chi connectivity index (χ0n) is 18.4. The van der Waals surface area contributed by atoms with Crippen LogP contribution in [0, 0.1) is 5.92 Å². The summed E-state index contributed by atoms with van der Waals surface area (Å²) in [4.78, 5) is 21.7. The monoisotopic (exact) mass is 529 g/mol. The standard InChI is InChI=1S/C22H35N5O2.HI/c1-4-23-22(24-15-20(17(2)3)26-11-13-29-14-12-26)25-16-21(28)27-10-9-18-7-5-6-8-19(18)27;/h5-8,17,20H,4,9-16H2,1-3H3,(H2,23,24,25);1H. The second-order valence-electron chi connectivity index (χ2n) is 7.96. The number of rotatable bonds is 7. The number of hydrogen-bond acceptors (Lipinski definition) is 4. The number of halogens is 1. The molecule has 1 aromatic rings. The fourth-order valence-electron chi connectivity index (χ4n) is 4.07. The molecule has 1 unspecified atom stereocenters. The Labute approximate surface area is 197 Å². The third-order valence-electron chi connectivity index (χ3n) is 5.67. The number of anilines is 1. The number of nitrogens with zero attached hydrogens (tertiary/aromatic N) is 3. The number of benzene rings is 1. The molecule has 0 aliphatic carbocycles. The highest BCUT2D eigenvalue weighted by Gasteiger charge is 2.25. The lowest BCUT2D eigenvalue weighted by Gasteiger charge is -2.37. The Kier molecular flexibility index (Phi) is 10.3. The average molecular weight is 529 g/mol. The van der Waals surface area contributed by atoms with Crippen molar-refractivity contribution in [1.82, 2.24) is 15.5 Å². The number of para-hydroxylation sites is 1. The van der Waals surface area contributed by atoms with E-state index in [1.807, 2.05) is 30.0 Å². The Morgan fingerprint density at radius 2 is 1.90 bits per heavy atom. The number of carbonyl (C=O) groups is 1.